The van der Waals surface area contributed by atoms with Gasteiger partial charge in [-0.25, -0.2) is 4.98 Å². The molecule has 0 bridgehead atoms. The van der Waals surface area contributed by atoms with E-state index in [0.29, 0.717) is 17.4 Å². The van der Waals surface area contributed by atoms with E-state index in [1.807, 2.05) is 24.3 Å². The number of hydrogen-bond donors (Lipinski definition) is 1. The van der Waals surface area contributed by atoms with Crippen molar-refractivity contribution in [3.05, 3.63) is 42.0 Å². The van der Waals surface area contributed by atoms with Gasteiger partial charge in [0.15, 0.2) is 6.39 Å². The summed E-state index contributed by atoms with van der Waals surface area (Å²) >= 11 is 0. The number of oxazole rings is 1. The molecular weight excluding hydrogens is 230 g/mol. The highest BCUT2D eigenvalue weighted by molar-refractivity contribution is 5.73. The molecule has 94 valence electrons. The minimum atomic E-state index is -0.924. The van der Waals surface area contributed by atoms with Crippen LogP contribution in [0.1, 0.15) is 31.1 Å². The quantitative estimate of drug-likeness (QED) is 0.899. The van der Waals surface area contributed by atoms with Gasteiger partial charge in [-0.2, -0.15) is 0 Å². The molecule has 1 aromatic carbocycles. The van der Waals surface area contributed by atoms with Crippen LogP contribution < -0.4 is 0 Å². The third-order valence-corrected chi connectivity index (χ3v) is 2.80. The van der Waals surface area contributed by atoms with Gasteiger partial charge in [0.2, 0.25) is 0 Å². The van der Waals surface area contributed by atoms with E-state index in [0.717, 1.165) is 5.56 Å². The zero-order chi connectivity index (χ0) is 13.1. The molecule has 0 radical (unpaired) electrons. The first-order valence-electron chi connectivity index (χ1n) is 5.82. The first-order chi connectivity index (χ1) is 8.58. The van der Waals surface area contributed by atoms with Crippen LogP contribution in [0.2, 0.25) is 0 Å². The summed E-state index contributed by atoms with van der Waals surface area (Å²) in [6.45, 7) is 4.25. The number of aliphatic carboxylic acids is 1. The van der Waals surface area contributed by atoms with E-state index >= 15 is 0 Å². The van der Waals surface area contributed by atoms with Crippen LogP contribution in [0.5, 0.6) is 0 Å². The highest BCUT2D eigenvalue weighted by Gasteiger charge is 2.13. The summed E-state index contributed by atoms with van der Waals surface area (Å²) in [4.78, 5) is 14.8. The molecule has 2 rings (SSSR count). The summed E-state index contributed by atoms with van der Waals surface area (Å²) in [7, 11) is 0. The average molecular weight is 245 g/mol. The van der Waals surface area contributed by atoms with Crippen molar-refractivity contribution in [3.63, 3.8) is 0 Å². The monoisotopic (exact) mass is 245 g/mol. The first kappa shape index (κ1) is 12.4. The molecule has 0 aliphatic heterocycles. The van der Waals surface area contributed by atoms with E-state index in [2.05, 4.69) is 18.8 Å². The van der Waals surface area contributed by atoms with Crippen molar-refractivity contribution in [2.75, 3.05) is 0 Å². The lowest BCUT2D eigenvalue weighted by Gasteiger charge is -2.06. The fourth-order valence-electron chi connectivity index (χ4n) is 1.79. The molecule has 4 nitrogen and oxygen atoms in total. The Morgan fingerprint density at radius 2 is 2.00 bits per heavy atom. The maximum absolute atomic E-state index is 10.7. The molecule has 0 aliphatic rings. The largest absolute Gasteiger partial charge is 0.481 e. The Labute approximate surface area is 105 Å². The summed E-state index contributed by atoms with van der Waals surface area (Å²) in [6.07, 6.45) is 1.13. The van der Waals surface area contributed by atoms with Crippen LogP contribution in [0.4, 0.5) is 0 Å². The fraction of sp³-hybridized carbons (Fsp3) is 0.286. The fourth-order valence-corrected chi connectivity index (χ4v) is 1.79. The average Bonchev–Trinajstić information content (AvgIpc) is 2.76. The Hall–Kier alpha value is -2.10. The Bertz CT molecular complexity index is 540. The molecule has 2 aromatic rings. The lowest BCUT2D eigenvalue weighted by molar-refractivity contribution is -0.136. The van der Waals surface area contributed by atoms with Crippen molar-refractivity contribution in [1.29, 1.82) is 0 Å². The summed E-state index contributed by atoms with van der Waals surface area (Å²) in [5, 5.41) is 8.79. The number of rotatable bonds is 4. The van der Waals surface area contributed by atoms with Crippen molar-refractivity contribution in [2.45, 2.75) is 26.2 Å². The van der Waals surface area contributed by atoms with Crippen LogP contribution in [0.25, 0.3) is 11.3 Å². The number of hydrogen-bond acceptors (Lipinski definition) is 3. The second-order valence-corrected chi connectivity index (χ2v) is 4.47. The second-order valence-electron chi connectivity index (χ2n) is 4.47. The van der Waals surface area contributed by atoms with Gasteiger partial charge in [-0.05, 0) is 11.5 Å². The molecule has 0 atom stereocenters. The van der Waals surface area contributed by atoms with Gasteiger partial charge >= 0.3 is 5.97 Å². The van der Waals surface area contributed by atoms with Gasteiger partial charge in [-0.15, -0.1) is 0 Å². The maximum Gasteiger partial charge on any atom is 0.311 e. The van der Waals surface area contributed by atoms with Crippen molar-refractivity contribution in [3.8, 4) is 11.3 Å². The van der Waals surface area contributed by atoms with Crippen molar-refractivity contribution < 1.29 is 14.3 Å². The Balaban J connectivity index is 2.31. The molecule has 0 fully saturated rings. The second kappa shape index (κ2) is 5.04. The molecule has 0 unspecified atom stereocenters. The Morgan fingerprint density at radius 3 is 2.56 bits per heavy atom. The summed E-state index contributed by atoms with van der Waals surface area (Å²) in [6, 6.07) is 7.94. The number of carboxylic acid groups (broad SMARTS) is 1. The predicted molar refractivity (Wildman–Crippen MR) is 67.4 cm³/mol. The third-order valence-electron chi connectivity index (χ3n) is 2.80. The minimum absolute atomic E-state index is 0.152. The van der Waals surface area contributed by atoms with Crippen molar-refractivity contribution in [1.82, 2.24) is 4.98 Å². The van der Waals surface area contributed by atoms with Crippen LogP contribution in [-0.2, 0) is 11.2 Å². The lowest BCUT2D eigenvalue weighted by atomic mass is 10.0. The topological polar surface area (TPSA) is 63.3 Å². The zero-order valence-corrected chi connectivity index (χ0v) is 10.4. The molecule has 1 aromatic heterocycles. The van der Waals surface area contributed by atoms with Crippen LogP contribution in [0.3, 0.4) is 0 Å². The van der Waals surface area contributed by atoms with Gasteiger partial charge in [0.1, 0.15) is 17.9 Å². The lowest BCUT2D eigenvalue weighted by Crippen LogP contribution is -2.00. The molecule has 0 spiro atoms. The van der Waals surface area contributed by atoms with Gasteiger partial charge < -0.3 is 9.52 Å². The third kappa shape index (κ3) is 2.59. The van der Waals surface area contributed by atoms with Crippen molar-refractivity contribution >= 4 is 5.97 Å². The van der Waals surface area contributed by atoms with Crippen LogP contribution in [0.15, 0.2) is 35.1 Å². The molecule has 0 aliphatic carbocycles. The molecule has 1 heterocycles. The highest BCUT2D eigenvalue weighted by Crippen LogP contribution is 2.24. The number of nitrogens with zero attached hydrogens (tertiary/aromatic N) is 1. The van der Waals surface area contributed by atoms with E-state index in [4.69, 9.17) is 9.52 Å². The number of carbonyl (C=O) groups is 1. The smallest absolute Gasteiger partial charge is 0.311 e. The summed E-state index contributed by atoms with van der Waals surface area (Å²) in [5.74, 6) is -0.0681. The summed E-state index contributed by atoms with van der Waals surface area (Å²) < 4.78 is 5.12. The predicted octanol–water partition coefficient (Wildman–Crippen LogP) is 3.09. The first-order valence-corrected chi connectivity index (χ1v) is 5.82. The van der Waals surface area contributed by atoms with E-state index in [9.17, 15) is 4.79 Å². The molecule has 18 heavy (non-hydrogen) atoms. The number of aromatic nitrogens is 1. The molecule has 0 amide bonds. The minimum Gasteiger partial charge on any atom is -0.481 e. The Kier molecular flexibility index (Phi) is 3.46. The van der Waals surface area contributed by atoms with Gasteiger partial charge in [-0.1, -0.05) is 38.1 Å². The highest BCUT2D eigenvalue weighted by atomic mass is 16.4. The van der Waals surface area contributed by atoms with Gasteiger partial charge in [0.25, 0.3) is 0 Å². The molecular formula is C14H15NO3. The Morgan fingerprint density at radius 1 is 1.33 bits per heavy atom. The van der Waals surface area contributed by atoms with Gasteiger partial charge in [-0.3, -0.25) is 4.79 Å². The normalized spacial score (nSPS) is 10.8. The molecule has 0 saturated carbocycles. The molecule has 4 heteroatoms. The maximum atomic E-state index is 10.7. The number of benzene rings is 1. The summed E-state index contributed by atoms with van der Waals surface area (Å²) in [5.41, 5.74) is 2.72. The standard InChI is InChI=1S/C14H15NO3/c1-9(2)10-3-5-11(6-4-10)14-12(7-13(16)17)18-8-15-14/h3-6,8-9H,7H2,1-2H3,(H,16,17). The van der Waals surface area contributed by atoms with Gasteiger partial charge in [0, 0.05) is 5.56 Å². The SMILES string of the molecule is CC(C)c1ccc(-c2ncoc2CC(=O)O)cc1. The van der Waals surface area contributed by atoms with E-state index < -0.39 is 5.97 Å². The van der Waals surface area contributed by atoms with Crippen molar-refractivity contribution in [2.24, 2.45) is 0 Å². The van der Waals surface area contributed by atoms with Crippen LogP contribution >= 0.6 is 0 Å². The van der Waals surface area contributed by atoms with E-state index in [1.165, 1.54) is 12.0 Å². The van der Waals surface area contributed by atoms with Crippen LogP contribution in [-0.4, -0.2) is 16.1 Å². The van der Waals surface area contributed by atoms with E-state index in [1.54, 1.807) is 0 Å². The molecule has 1 N–H and O–H groups in total. The van der Waals surface area contributed by atoms with Crippen LogP contribution in [0, 0.1) is 0 Å². The zero-order valence-electron chi connectivity index (χ0n) is 10.4. The number of carboxylic acids is 1. The molecule has 0 saturated heterocycles. The van der Waals surface area contributed by atoms with E-state index in [-0.39, 0.29) is 6.42 Å². The van der Waals surface area contributed by atoms with Gasteiger partial charge in [0.05, 0.1) is 0 Å².